The molecule has 0 aromatic rings. The Labute approximate surface area is 106 Å². The fourth-order valence-electron chi connectivity index (χ4n) is 3.41. The van der Waals surface area contributed by atoms with Crippen LogP contribution >= 0.6 is 0 Å². The van der Waals surface area contributed by atoms with Crippen molar-refractivity contribution in [2.24, 2.45) is 17.8 Å². The Morgan fingerprint density at radius 2 is 2.28 bits per heavy atom. The third kappa shape index (κ3) is 1.71. The van der Waals surface area contributed by atoms with E-state index in [1.54, 1.807) is 0 Å². The Balaban J connectivity index is 2.01. The maximum Gasteiger partial charge on any atom is 0.313 e. The molecule has 0 bridgehead atoms. The molecule has 4 heteroatoms. The predicted molar refractivity (Wildman–Crippen MR) is 64.7 cm³/mol. The summed E-state index contributed by atoms with van der Waals surface area (Å²) < 4.78 is 10.4. The maximum absolute atomic E-state index is 11.8. The Morgan fingerprint density at radius 3 is 3.06 bits per heavy atom. The van der Waals surface area contributed by atoms with Crippen LogP contribution in [-0.2, 0) is 14.3 Å². The van der Waals surface area contributed by atoms with Crippen LogP contribution in [-0.4, -0.2) is 37.5 Å². The highest BCUT2D eigenvalue weighted by Crippen LogP contribution is 2.43. The molecule has 1 saturated heterocycles. The van der Waals surface area contributed by atoms with Gasteiger partial charge in [-0.15, -0.1) is 0 Å². The number of aliphatic hydroxyl groups is 1. The van der Waals surface area contributed by atoms with Crippen LogP contribution in [0.4, 0.5) is 0 Å². The average Bonchev–Trinajstić information content (AvgIpc) is 2.94. The molecule has 4 atom stereocenters. The van der Waals surface area contributed by atoms with Gasteiger partial charge in [0.15, 0.2) is 0 Å². The summed E-state index contributed by atoms with van der Waals surface area (Å²) >= 11 is 0. The van der Waals surface area contributed by atoms with Crippen LogP contribution in [0.1, 0.15) is 12.8 Å². The fourth-order valence-corrected chi connectivity index (χ4v) is 3.41. The third-order valence-electron chi connectivity index (χ3n) is 4.37. The van der Waals surface area contributed by atoms with Gasteiger partial charge in [-0.05, 0) is 18.4 Å². The lowest BCUT2D eigenvalue weighted by molar-refractivity contribution is -0.145. The highest BCUT2D eigenvalue weighted by Gasteiger charge is 2.41. The molecular weight excluding hydrogens is 232 g/mol. The summed E-state index contributed by atoms with van der Waals surface area (Å²) in [6.07, 6.45) is 5.29. The van der Waals surface area contributed by atoms with E-state index in [9.17, 15) is 9.90 Å². The molecule has 3 rings (SSSR count). The minimum atomic E-state index is -0.318. The summed E-state index contributed by atoms with van der Waals surface area (Å²) in [7, 11) is 1.42. The van der Waals surface area contributed by atoms with Crippen molar-refractivity contribution in [1.82, 2.24) is 0 Å². The fraction of sp³-hybridized carbons (Fsp3) is 0.643. The monoisotopic (exact) mass is 250 g/mol. The van der Waals surface area contributed by atoms with Crippen LogP contribution in [0.2, 0.25) is 0 Å². The summed E-state index contributed by atoms with van der Waals surface area (Å²) in [5.41, 5.74) is 2.50. The topological polar surface area (TPSA) is 55.8 Å². The van der Waals surface area contributed by atoms with Crippen molar-refractivity contribution >= 4 is 5.97 Å². The van der Waals surface area contributed by atoms with E-state index in [4.69, 9.17) is 9.47 Å². The van der Waals surface area contributed by atoms with Crippen molar-refractivity contribution in [1.29, 1.82) is 0 Å². The first-order chi connectivity index (χ1) is 8.72. The molecule has 0 spiro atoms. The van der Waals surface area contributed by atoms with Gasteiger partial charge in [0.25, 0.3) is 0 Å². The number of ether oxygens (including phenoxy) is 2. The van der Waals surface area contributed by atoms with E-state index in [1.165, 1.54) is 18.3 Å². The smallest absolute Gasteiger partial charge is 0.313 e. The van der Waals surface area contributed by atoms with Crippen LogP contribution in [0.3, 0.4) is 0 Å². The maximum atomic E-state index is 11.8. The first-order valence-corrected chi connectivity index (χ1v) is 6.46. The lowest BCUT2D eigenvalue weighted by Gasteiger charge is -2.18. The van der Waals surface area contributed by atoms with Gasteiger partial charge in [-0.25, -0.2) is 0 Å². The molecule has 0 radical (unpaired) electrons. The van der Waals surface area contributed by atoms with Crippen LogP contribution in [0.5, 0.6) is 0 Å². The van der Waals surface area contributed by atoms with E-state index in [2.05, 4.69) is 0 Å². The van der Waals surface area contributed by atoms with Crippen molar-refractivity contribution in [3.8, 4) is 0 Å². The van der Waals surface area contributed by atoms with Crippen molar-refractivity contribution in [2.75, 3.05) is 20.3 Å². The van der Waals surface area contributed by atoms with Gasteiger partial charge in [-0.2, -0.15) is 0 Å². The number of methoxy groups -OCH3 is 1. The second kappa shape index (κ2) is 4.52. The Hall–Kier alpha value is -1.13. The molecule has 4 nitrogen and oxygen atoms in total. The van der Waals surface area contributed by atoms with Gasteiger partial charge in [0.1, 0.15) is 0 Å². The van der Waals surface area contributed by atoms with Crippen LogP contribution in [0.25, 0.3) is 0 Å². The zero-order valence-corrected chi connectivity index (χ0v) is 10.5. The molecule has 0 aromatic carbocycles. The molecule has 1 heterocycles. The minimum absolute atomic E-state index is 0.0684. The summed E-state index contributed by atoms with van der Waals surface area (Å²) in [6, 6.07) is 0. The number of carbonyl (C=O) groups excluding carboxylic acids is 1. The Morgan fingerprint density at radius 1 is 1.44 bits per heavy atom. The molecule has 98 valence electrons. The number of hydrogen-bond acceptors (Lipinski definition) is 4. The second-order valence-electron chi connectivity index (χ2n) is 5.24. The lowest BCUT2D eigenvalue weighted by atomic mass is 9.86. The Kier molecular flexibility index (Phi) is 2.99. The van der Waals surface area contributed by atoms with Crippen LogP contribution in [0.15, 0.2) is 23.3 Å². The zero-order chi connectivity index (χ0) is 12.7. The van der Waals surface area contributed by atoms with Crippen molar-refractivity contribution in [3.05, 3.63) is 23.3 Å². The molecule has 1 aliphatic heterocycles. The van der Waals surface area contributed by atoms with Crippen molar-refractivity contribution in [3.63, 3.8) is 0 Å². The molecule has 0 unspecified atom stereocenters. The van der Waals surface area contributed by atoms with E-state index in [0.29, 0.717) is 13.2 Å². The Bertz CT molecular complexity index is 424. The number of fused-ring (bicyclic) bond motifs is 2. The largest absolute Gasteiger partial charge is 0.469 e. The molecule has 3 aliphatic rings. The highest BCUT2D eigenvalue weighted by atomic mass is 16.5. The van der Waals surface area contributed by atoms with E-state index in [0.717, 1.165) is 12.8 Å². The number of aliphatic hydroxyl groups excluding tert-OH is 1. The van der Waals surface area contributed by atoms with E-state index >= 15 is 0 Å². The van der Waals surface area contributed by atoms with Gasteiger partial charge >= 0.3 is 5.97 Å². The van der Waals surface area contributed by atoms with E-state index < -0.39 is 0 Å². The zero-order valence-electron chi connectivity index (χ0n) is 10.5. The number of carbonyl (C=O) groups is 1. The molecule has 1 N–H and O–H groups in total. The van der Waals surface area contributed by atoms with Gasteiger partial charge < -0.3 is 14.6 Å². The van der Waals surface area contributed by atoms with Gasteiger partial charge in [0, 0.05) is 11.8 Å². The van der Waals surface area contributed by atoms with E-state index in [-0.39, 0.29) is 29.8 Å². The predicted octanol–water partition coefficient (Wildman–Crippen LogP) is 1.06. The number of esters is 1. The molecular formula is C14H18O4. The molecule has 1 saturated carbocycles. The summed E-state index contributed by atoms with van der Waals surface area (Å²) in [4.78, 5) is 11.8. The van der Waals surface area contributed by atoms with Crippen molar-refractivity contribution < 1.29 is 19.4 Å². The standard InChI is InChI=1S/C14H18O4/c1-17-14(16)10-3-2-9-8(4-5-13(9)15)11-6-18-7-12(10)11/h2-3,9-10,12-13,15H,4-7H2,1H3/t9-,10+,12-,13+/m0/s1. The minimum Gasteiger partial charge on any atom is -0.469 e. The van der Waals surface area contributed by atoms with E-state index in [1.807, 2.05) is 12.2 Å². The molecule has 0 amide bonds. The highest BCUT2D eigenvalue weighted by molar-refractivity contribution is 5.75. The molecule has 0 aromatic heterocycles. The van der Waals surface area contributed by atoms with Crippen LogP contribution in [0, 0.1) is 17.8 Å². The molecule has 2 aliphatic carbocycles. The first-order valence-electron chi connectivity index (χ1n) is 6.46. The lowest BCUT2D eigenvalue weighted by Crippen LogP contribution is -2.24. The summed E-state index contributed by atoms with van der Waals surface area (Å²) in [5, 5.41) is 10.0. The SMILES string of the molecule is COC(=O)[C@@H]1C=C[C@H]2C(=C3COC[C@H]31)CC[C@H]2O. The average molecular weight is 250 g/mol. The third-order valence-corrected chi connectivity index (χ3v) is 4.37. The van der Waals surface area contributed by atoms with Crippen LogP contribution < -0.4 is 0 Å². The van der Waals surface area contributed by atoms with Gasteiger partial charge in [-0.1, -0.05) is 17.7 Å². The number of rotatable bonds is 1. The first kappa shape index (κ1) is 11.9. The van der Waals surface area contributed by atoms with Gasteiger partial charge in [0.05, 0.1) is 32.3 Å². The van der Waals surface area contributed by atoms with Gasteiger partial charge in [-0.3, -0.25) is 4.79 Å². The summed E-state index contributed by atoms with van der Waals surface area (Å²) in [6.45, 7) is 1.17. The van der Waals surface area contributed by atoms with Crippen molar-refractivity contribution in [2.45, 2.75) is 18.9 Å². The molecule has 18 heavy (non-hydrogen) atoms. The van der Waals surface area contributed by atoms with Gasteiger partial charge in [0.2, 0.25) is 0 Å². The number of hydrogen-bond donors (Lipinski definition) is 1. The molecule has 2 fully saturated rings. The summed E-state index contributed by atoms with van der Waals surface area (Å²) in [5.74, 6) is -0.315. The normalized spacial score (nSPS) is 38.3. The second-order valence-corrected chi connectivity index (χ2v) is 5.24. The quantitative estimate of drug-likeness (QED) is 0.558.